The Bertz CT molecular complexity index is 553. The lowest BCUT2D eigenvalue weighted by Crippen LogP contribution is -2.29. The van der Waals surface area contributed by atoms with E-state index in [0.717, 1.165) is 17.2 Å². The summed E-state index contributed by atoms with van der Waals surface area (Å²) in [6.45, 7) is 2.50. The first-order chi connectivity index (χ1) is 8.70. The Morgan fingerprint density at radius 1 is 1.22 bits per heavy atom. The number of carbonyl (C=O) groups excluding carboxylic acids is 1. The van der Waals surface area contributed by atoms with E-state index in [9.17, 15) is 4.79 Å². The van der Waals surface area contributed by atoms with Crippen molar-refractivity contribution in [3.05, 3.63) is 48.0 Å². The number of amides is 1. The molecule has 2 aromatic carbocycles. The zero-order chi connectivity index (χ0) is 13.0. The largest absolute Gasteiger partial charge is 0.351 e. The van der Waals surface area contributed by atoms with Crippen molar-refractivity contribution < 1.29 is 4.79 Å². The molecule has 0 aliphatic rings. The zero-order valence-corrected chi connectivity index (χ0v) is 11.1. The minimum absolute atomic E-state index is 0.00518. The molecule has 0 spiro atoms. The van der Waals surface area contributed by atoms with Gasteiger partial charge in [0.05, 0.1) is 5.38 Å². The Morgan fingerprint density at radius 3 is 2.67 bits per heavy atom. The molecule has 2 aromatic rings. The predicted octanol–water partition coefficient (Wildman–Crippen LogP) is 3.59. The molecule has 18 heavy (non-hydrogen) atoms. The fourth-order valence-corrected chi connectivity index (χ4v) is 1.86. The Labute approximate surface area is 112 Å². The van der Waals surface area contributed by atoms with Crippen LogP contribution in [0.5, 0.6) is 0 Å². The van der Waals surface area contributed by atoms with Crippen LogP contribution in [-0.2, 0) is 0 Å². The summed E-state index contributed by atoms with van der Waals surface area (Å²) in [5.41, 5.74) is 0.675. The van der Waals surface area contributed by atoms with Gasteiger partial charge < -0.3 is 5.32 Å². The number of rotatable bonds is 4. The van der Waals surface area contributed by atoms with Crippen molar-refractivity contribution in [2.24, 2.45) is 0 Å². The zero-order valence-electron chi connectivity index (χ0n) is 10.3. The molecule has 2 nitrogen and oxygen atoms in total. The maximum Gasteiger partial charge on any atom is 0.251 e. The molecule has 0 fully saturated rings. The maximum atomic E-state index is 11.9. The summed E-state index contributed by atoms with van der Waals surface area (Å²) in [4.78, 5) is 11.9. The highest BCUT2D eigenvalue weighted by molar-refractivity contribution is 6.20. The van der Waals surface area contributed by atoms with E-state index in [0.29, 0.717) is 12.1 Å². The molecule has 0 aliphatic heterocycles. The number of alkyl halides is 1. The minimum Gasteiger partial charge on any atom is -0.351 e. The van der Waals surface area contributed by atoms with Crippen LogP contribution in [0.3, 0.4) is 0 Å². The Kier molecular flexibility index (Phi) is 4.21. The molecule has 1 amide bonds. The monoisotopic (exact) mass is 261 g/mol. The van der Waals surface area contributed by atoms with Gasteiger partial charge in [0.1, 0.15) is 0 Å². The summed E-state index contributed by atoms with van der Waals surface area (Å²) in [6, 6.07) is 13.7. The Morgan fingerprint density at radius 2 is 1.94 bits per heavy atom. The fraction of sp³-hybridized carbons (Fsp3) is 0.267. The highest BCUT2D eigenvalue weighted by atomic mass is 35.5. The van der Waals surface area contributed by atoms with Crippen LogP contribution in [0.2, 0.25) is 0 Å². The number of halogens is 1. The number of benzene rings is 2. The number of hydrogen-bond donors (Lipinski definition) is 1. The molecule has 0 bridgehead atoms. The Hall–Kier alpha value is -1.54. The van der Waals surface area contributed by atoms with Gasteiger partial charge in [0.15, 0.2) is 0 Å². The summed E-state index contributed by atoms with van der Waals surface area (Å²) in [6.07, 6.45) is 0.847. The van der Waals surface area contributed by atoms with Gasteiger partial charge in [-0.3, -0.25) is 4.79 Å². The van der Waals surface area contributed by atoms with Gasteiger partial charge in [-0.1, -0.05) is 37.3 Å². The molecule has 0 radical (unpaired) electrons. The first-order valence-electron chi connectivity index (χ1n) is 6.11. The predicted molar refractivity (Wildman–Crippen MR) is 76.2 cm³/mol. The van der Waals surface area contributed by atoms with E-state index >= 15 is 0 Å². The molecule has 1 atom stereocenters. The van der Waals surface area contributed by atoms with E-state index in [1.165, 1.54) is 0 Å². The maximum absolute atomic E-state index is 11.9. The van der Waals surface area contributed by atoms with Crippen LogP contribution in [0.1, 0.15) is 23.7 Å². The van der Waals surface area contributed by atoms with E-state index in [1.54, 1.807) is 0 Å². The van der Waals surface area contributed by atoms with Gasteiger partial charge in [-0.25, -0.2) is 0 Å². The van der Waals surface area contributed by atoms with Gasteiger partial charge >= 0.3 is 0 Å². The third-order valence-corrected chi connectivity index (χ3v) is 3.40. The highest BCUT2D eigenvalue weighted by Gasteiger charge is 2.08. The second-order valence-electron chi connectivity index (χ2n) is 4.28. The Balaban J connectivity index is 2.13. The van der Waals surface area contributed by atoms with Gasteiger partial charge in [0.2, 0.25) is 0 Å². The minimum atomic E-state index is -0.0696. The van der Waals surface area contributed by atoms with Crippen LogP contribution in [-0.4, -0.2) is 17.8 Å². The number of hydrogen-bond acceptors (Lipinski definition) is 1. The average molecular weight is 262 g/mol. The number of fused-ring (bicyclic) bond motifs is 1. The standard InChI is InChI=1S/C15H16ClNO/c1-2-14(16)10-17-15(18)13-8-7-11-5-3-4-6-12(11)9-13/h3-9,14H,2,10H2,1H3,(H,17,18). The molecular formula is C15H16ClNO. The van der Waals surface area contributed by atoms with E-state index in [2.05, 4.69) is 5.32 Å². The molecule has 0 saturated carbocycles. The molecular weight excluding hydrogens is 246 g/mol. The second kappa shape index (κ2) is 5.87. The molecule has 0 heterocycles. The first kappa shape index (κ1) is 12.9. The van der Waals surface area contributed by atoms with Crippen molar-refractivity contribution in [2.45, 2.75) is 18.7 Å². The van der Waals surface area contributed by atoms with Crippen LogP contribution >= 0.6 is 11.6 Å². The summed E-state index contributed by atoms with van der Waals surface area (Å²) < 4.78 is 0. The molecule has 1 N–H and O–H groups in total. The van der Waals surface area contributed by atoms with Crippen LogP contribution < -0.4 is 5.32 Å². The molecule has 0 aliphatic carbocycles. The smallest absolute Gasteiger partial charge is 0.251 e. The summed E-state index contributed by atoms with van der Waals surface area (Å²) in [5, 5.41) is 5.05. The van der Waals surface area contributed by atoms with Gasteiger partial charge in [-0.05, 0) is 29.3 Å². The summed E-state index contributed by atoms with van der Waals surface area (Å²) in [7, 11) is 0. The lowest BCUT2D eigenvalue weighted by molar-refractivity contribution is 0.0953. The second-order valence-corrected chi connectivity index (χ2v) is 4.89. The molecule has 2 rings (SSSR count). The first-order valence-corrected chi connectivity index (χ1v) is 6.55. The van der Waals surface area contributed by atoms with Crippen LogP contribution in [0.15, 0.2) is 42.5 Å². The van der Waals surface area contributed by atoms with Gasteiger partial charge in [0, 0.05) is 12.1 Å². The van der Waals surface area contributed by atoms with Crippen molar-refractivity contribution in [3.8, 4) is 0 Å². The molecule has 94 valence electrons. The third-order valence-electron chi connectivity index (χ3n) is 2.94. The average Bonchev–Trinajstić information content (AvgIpc) is 2.43. The molecule has 0 saturated heterocycles. The van der Waals surface area contributed by atoms with Gasteiger partial charge in [-0.15, -0.1) is 11.6 Å². The number of nitrogens with one attached hydrogen (secondary N) is 1. The van der Waals surface area contributed by atoms with E-state index in [1.807, 2.05) is 49.4 Å². The molecule has 1 unspecified atom stereocenters. The summed E-state index contributed by atoms with van der Waals surface area (Å²) in [5.74, 6) is -0.0696. The van der Waals surface area contributed by atoms with E-state index < -0.39 is 0 Å². The van der Waals surface area contributed by atoms with Crippen molar-refractivity contribution in [2.75, 3.05) is 6.54 Å². The lowest BCUT2D eigenvalue weighted by Gasteiger charge is -2.09. The quantitative estimate of drug-likeness (QED) is 0.838. The van der Waals surface area contributed by atoms with Crippen LogP contribution in [0.25, 0.3) is 10.8 Å². The van der Waals surface area contributed by atoms with Crippen molar-refractivity contribution in [1.29, 1.82) is 0 Å². The molecule has 3 heteroatoms. The van der Waals surface area contributed by atoms with Crippen molar-refractivity contribution >= 4 is 28.3 Å². The van der Waals surface area contributed by atoms with Crippen molar-refractivity contribution in [1.82, 2.24) is 5.32 Å². The van der Waals surface area contributed by atoms with E-state index in [4.69, 9.17) is 11.6 Å². The lowest BCUT2D eigenvalue weighted by atomic mass is 10.1. The topological polar surface area (TPSA) is 29.1 Å². The van der Waals surface area contributed by atoms with Gasteiger partial charge in [-0.2, -0.15) is 0 Å². The van der Waals surface area contributed by atoms with Gasteiger partial charge in [0.25, 0.3) is 5.91 Å². The van der Waals surface area contributed by atoms with Crippen LogP contribution in [0.4, 0.5) is 0 Å². The van der Waals surface area contributed by atoms with Crippen molar-refractivity contribution in [3.63, 3.8) is 0 Å². The third kappa shape index (κ3) is 3.02. The fourth-order valence-electron chi connectivity index (χ4n) is 1.78. The SMILES string of the molecule is CCC(Cl)CNC(=O)c1ccc2ccccc2c1. The highest BCUT2D eigenvalue weighted by Crippen LogP contribution is 2.15. The van der Waals surface area contributed by atoms with E-state index in [-0.39, 0.29) is 11.3 Å². The normalized spacial score (nSPS) is 12.3. The molecule has 0 aromatic heterocycles. The van der Waals surface area contributed by atoms with Crippen LogP contribution in [0, 0.1) is 0 Å². The summed E-state index contributed by atoms with van der Waals surface area (Å²) >= 11 is 5.98. The number of carbonyl (C=O) groups is 1.